The maximum atomic E-state index is 11.3. The van der Waals surface area contributed by atoms with Crippen LogP contribution in [-0.4, -0.2) is 12.8 Å². The Bertz CT molecular complexity index is 609. The molecule has 3 nitrogen and oxygen atoms in total. The van der Waals surface area contributed by atoms with Gasteiger partial charge in [-0.05, 0) is 37.3 Å². The topological polar surface area (TPSA) is 46.3 Å². The van der Waals surface area contributed by atoms with Crippen molar-refractivity contribution in [1.29, 1.82) is 0 Å². The standard InChI is InChI=1S/C14H15ClN2OS/c1-9(18)12-5-3-10(7-13(12)16)17(2)8-11-4-6-14(15)19-11/h3-7H,8,16H2,1-2H3. The highest BCUT2D eigenvalue weighted by atomic mass is 35.5. The number of nitrogen functional groups attached to an aromatic ring is 1. The van der Waals surface area contributed by atoms with E-state index in [9.17, 15) is 4.79 Å². The minimum absolute atomic E-state index is 0.0169. The summed E-state index contributed by atoms with van der Waals surface area (Å²) in [6.07, 6.45) is 0. The highest BCUT2D eigenvalue weighted by Gasteiger charge is 2.09. The Morgan fingerprint density at radius 2 is 2.11 bits per heavy atom. The predicted molar refractivity (Wildman–Crippen MR) is 82.3 cm³/mol. The van der Waals surface area contributed by atoms with Gasteiger partial charge in [-0.3, -0.25) is 4.79 Å². The van der Waals surface area contributed by atoms with Crippen LogP contribution in [0.1, 0.15) is 22.2 Å². The molecule has 0 fully saturated rings. The number of nitrogens with zero attached hydrogens (tertiary/aromatic N) is 1. The van der Waals surface area contributed by atoms with Crippen molar-refractivity contribution in [1.82, 2.24) is 0 Å². The summed E-state index contributed by atoms with van der Waals surface area (Å²) in [5.74, 6) is -0.0169. The first kappa shape index (κ1) is 13.9. The molecule has 0 bridgehead atoms. The molecule has 0 radical (unpaired) electrons. The van der Waals surface area contributed by atoms with Crippen LogP contribution >= 0.6 is 22.9 Å². The highest BCUT2D eigenvalue weighted by Crippen LogP contribution is 2.26. The molecule has 0 atom stereocenters. The molecular weight excluding hydrogens is 280 g/mol. The van der Waals surface area contributed by atoms with Crippen molar-refractivity contribution in [2.45, 2.75) is 13.5 Å². The normalized spacial score (nSPS) is 10.5. The van der Waals surface area contributed by atoms with Crippen molar-refractivity contribution < 1.29 is 4.79 Å². The van der Waals surface area contributed by atoms with Crippen LogP contribution in [0, 0.1) is 0 Å². The van der Waals surface area contributed by atoms with E-state index < -0.39 is 0 Å². The van der Waals surface area contributed by atoms with Gasteiger partial charge < -0.3 is 10.6 Å². The largest absolute Gasteiger partial charge is 0.398 e. The molecule has 2 rings (SSSR count). The van der Waals surface area contributed by atoms with Crippen molar-refractivity contribution in [3.63, 3.8) is 0 Å². The second kappa shape index (κ2) is 5.63. The number of thiophene rings is 1. The van der Waals surface area contributed by atoms with Crippen molar-refractivity contribution in [2.75, 3.05) is 17.7 Å². The molecule has 1 aromatic carbocycles. The van der Waals surface area contributed by atoms with Crippen molar-refractivity contribution in [2.24, 2.45) is 0 Å². The molecule has 1 aromatic heterocycles. The fraction of sp³-hybridized carbons (Fsp3) is 0.214. The van der Waals surface area contributed by atoms with Gasteiger partial charge in [0, 0.05) is 28.9 Å². The zero-order chi connectivity index (χ0) is 14.0. The van der Waals surface area contributed by atoms with Gasteiger partial charge in [0.25, 0.3) is 0 Å². The van der Waals surface area contributed by atoms with Gasteiger partial charge >= 0.3 is 0 Å². The Morgan fingerprint density at radius 3 is 2.63 bits per heavy atom. The van der Waals surface area contributed by atoms with Crippen LogP contribution < -0.4 is 10.6 Å². The van der Waals surface area contributed by atoms with Gasteiger partial charge in [-0.15, -0.1) is 11.3 Å². The number of carbonyl (C=O) groups is 1. The first-order chi connectivity index (χ1) is 8.97. The van der Waals surface area contributed by atoms with E-state index in [1.54, 1.807) is 17.4 Å². The Balaban J connectivity index is 2.17. The molecule has 0 aliphatic heterocycles. The third kappa shape index (κ3) is 3.28. The quantitative estimate of drug-likeness (QED) is 0.689. The number of Topliss-reactive ketones (excluding diaryl/α,β-unsaturated/α-hetero) is 1. The molecular formula is C14H15ClN2OS. The first-order valence-corrected chi connectivity index (χ1v) is 7.02. The number of benzene rings is 1. The van der Waals surface area contributed by atoms with Gasteiger partial charge in [-0.25, -0.2) is 0 Å². The molecule has 0 aliphatic carbocycles. The van der Waals surface area contributed by atoms with Crippen LogP contribution in [0.3, 0.4) is 0 Å². The molecule has 1 heterocycles. The summed E-state index contributed by atoms with van der Waals surface area (Å²) >= 11 is 7.47. The van der Waals surface area contributed by atoms with Gasteiger partial charge in [0.1, 0.15) is 0 Å². The lowest BCUT2D eigenvalue weighted by molar-refractivity contribution is 0.101. The number of rotatable bonds is 4. The lowest BCUT2D eigenvalue weighted by Gasteiger charge is -2.19. The maximum absolute atomic E-state index is 11.3. The molecule has 0 saturated heterocycles. The highest BCUT2D eigenvalue weighted by molar-refractivity contribution is 7.16. The zero-order valence-electron chi connectivity index (χ0n) is 10.8. The van der Waals surface area contributed by atoms with E-state index in [1.165, 1.54) is 11.8 Å². The van der Waals surface area contributed by atoms with Crippen LogP contribution in [-0.2, 0) is 6.54 Å². The fourth-order valence-electron chi connectivity index (χ4n) is 1.87. The fourth-order valence-corrected chi connectivity index (χ4v) is 3.01. The number of ketones is 1. The number of anilines is 2. The predicted octanol–water partition coefficient (Wildman–Crippen LogP) is 3.82. The van der Waals surface area contributed by atoms with Gasteiger partial charge in [-0.2, -0.15) is 0 Å². The summed E-state index contributed by atoms with van der Waals surface area (Å²) in [5, 5.41) is 0. The molecule has 5 heteroatoms. The molecule has 100 valence electrons. The first-order valence-electron chi connectivity index (χ1n) is 5.83. The van der Waals surface area contributed by atoms with Gasteiger partial charge in [0.2, 0.25) is 0 Å². The molecule has 19 heavy (non-hydrogen) atoms. The lowest BCUT2D eigenvalue weighted by Crippen LogP contribution is -2.16. The number of hydrogen-bond acceptors (Lipinski definition) is 4. The summed E-state index contributed by atoms with van der Waals surface area (Å²) in [5.41, 5.74) is 7.95. The Kier molecular flexibility index (Phi) is 4.12. The number of nitrogens with two attached hydrogens (primary N) is 1. The molecule has 0 spiro atoms. The van der Waals surface area contributed by atoms with Gasteiger partial charge in [-0.1, -0.05) is 11.6 Å². The third-order valence-electron chi connectivity index (χ3n) is 2.88. The van der Waals surface area contributed by atoms with Crippen LogP contribution in [0.4, 0.5) is 11.4 Å². The second-order valence-corrected chi connectivity index (χ2v) is 6.19. The minimum Gasteiger partial charge on any atom is -0.398 e. The van der Waals surface area contributed by atoms with E-state index in [0.29, 0.717) is 11.3 Å². The van der Waals surface area contributed by atoms with Gasteiger partial charge in [0.15, 0.2) is 5.78 Å². The molecule has 0 saturated carbocycles. The Hall–Kier alpha value is -1.52. The van der Waals surface area contributed by atoms with Crippen LogP contribution in [0.25, 0.3) is 0 Å². The number of hydrogen-bond donors (Lipinski definition) is 1. The van der Waals surface area contributed by atoms with Crippen molar-refractivity contribution >= 4 is 40.1 Å². The monoisotopic (exact) mass is 294 g/mol. The average molecular weight is 295 g/mol. The smallest absolute Gasteiger partial charge is 0.161 e. The van der Waals surface area contributed by atoms with E-state index in [0.717, 1.165) is 16.6 Å². The Labute approximate surface area is 121 Å². The average Bonchev–Trinajstić information content (AvgIpc) is 2.74. The lowest BCUT2D eigenvalue weighted by atomic mass is 10.1. The van der Waals surface area contributed by atoms with Crippen LogP contribution in [0.5, 0.6) is 0 Å². The molecule has 0 aliphatic rings. The van der Waals surface area contributed by atoms with Crippen molar-refractivity contribution in [3.05, 3.63) is 45.1 Å². The molecule has 2 aromatic rings. The second-order valence-electron chi connectivity index (χ2n) is 4.39. The summed E-state index contributed by atoms with van der Waals surface area (Å²) in [6.45, 7) is 2.28. The summed E-state index contributed by atoms with van der Waals surface area (Å²) in [6, 6.07) is 9.40. The Morgan fingerprint density at radius 1 is 1.37 bits per heavy atom. The third-order valence-corrected chi connectivity index (χ3v) is 4.09. The van der Waals surface area contributed by atoms with Crippen LogP contribution in [0.2, 0.25) is 4.34 Å². The number of carbonyl (C=O) groups excluding carboxylic acids is 1. The van der Waals surface area contributed by atoms with Crippen molar-refractivity contribution in [3.8, 4) is 0 Å². The number of halogens is 1. The maximum Gasteiger partial charge on any atom is 0.161 e. The van der Waals surface area contributed by atoms with Gasteiger partial charge in [0.05, 0.1) is 10.9 Å². The summed E-state index contributed by atoms with van der Waals surface area (Å²) in [7, 11) is 1.98. The van der Waals surface area contributed by atoms with E-state index in [2.05, 4.69) is 4.90 Å². The molecule has 0 unspecified atom stereocenters. The summed E-state index contributed by atoms with van der Waals surface area (Å²) in [4.78, 5) is 14.6. The molecule has 0 amide bonds. The van der Waals surface area contributed by atoms with E-state index in [-0.39, 0.29) is 5.78 Å². The minimum atomic E-state index is -0.0169. The van der Waals surface area contributed by atoms with Crippen LogP contribution in [0.15, 0.2) is 30.3 Å². The SMILES string of the molecule is CC(=O)c1ccc(N(C)Cc2ccc(Cl)s2)cc1N. The van der Waals surface area contributed by atoms with E-state index in [1.807, 2.05) is 31.3 Å². The summed E-state index contributed by atoms with van der Waals surface area (Å²) < 4.78 is 0.787. The zero-order valence-corrected chi connectivity index (χ0v) is 12.4. The van der Waals surface area contributed by atoms with E-state index >= 15 is 0 Å². The molecule has 2 N–H and O–H groups in total. The van der Waals surface area contributed by atoms with E-state index in [4.69, 9.17) is 17.3 Å².